The fourth-order valence-corrected chi connectivity index (χ4v) is 5.05. The minimum Gasteiger partial charge on any atom is -0.373 e. The van der Waals surface area contributed by atoms with Gasteiger partial charge in [-0.25, -0.2) is 0 Å². The fourth-order valence-electron chi connectivity index (χ4n) is 5.05. The molecule has 0 aromatic heterocycles. The molecule has 8 heteroatoms. The number of morpholine rings is 1. The third-order valence-electron chi connectivity index (χ3n) is 6.36. The molecular weight excluding hydrogens is 378 g/mol. The van der Waals surface area contributed by atoms with Crippen molar-refractivity contribution in [3.63, 3.8) is 0 Å². The maximum atomic E-state index is 6.22. The van der Waals surface area contributed by atoms with Crippen molar-refractivity contribution < 1.29 is 37.6 Å². The van der Waals surface area contributed by atoms with Gasteiger partial charge in [-0.15, -0.1) is 0 Å². The largest absolute Gasteiger partial charge is 0.373 e. The Hall–Kier alpha value is -0.320. The molecular formula is C21H38NO7+. The number of hydrogen-bond acceptors (Lipinski definition) is 7. The van der Waals surface area contributed by atoms with Gasteiger partial charge in [-0.1, -0.05) is 6.92 Å². The summed E-state index contributed by atoms with van der Waals surface area (Å²) in [6.45, 7) is 17.0. The van der Waals surface area contributed by atoms with Crippen LogP contribution in [-0.4, -0.2) is 99.4 Å². The molecule has 0 saturated carbocycles. The SMILES string of the molecule is CCC[N+]1(CCOC[C@H]2O[C@@H]3OC(C)(C)O[C@@H]3[C@H]3OC(C)(C)O[C@H]32)CCOCC1. The van der Waals surface area contributed by atoms with Crippen LogP contribution in [0.4, 0.5) is 0 Å². The van der Waals surface area contributed by atoms with E-state index in [1.165, 1.54) is 13.0 Å². The van der Waals surface area contributed by atoms with Gasteiger partial charge in [-0.3, -0.25) is 0 Å². The van der Waals surface area contributed by atoms with Crippen LogP contribution in [-0.2, 0) is 33.2 Å². The van der Waals surface area contributed by atoms with Gasteiger partial charge in [0, 0.05) is 0 Å². The number of fused-ring (bicyclic) bond motifs is 3. The molecule has 29 heavy (non-hydrogen) atoms. The van der Waals surface area contributed by atoms with Gasteiger partial charge in [-0.05, 0) is 34.1 Å². The van der Waals surface area contributed by atoms with Gasteiger partial charge >= 0.3 is 0 Å². The second kappa shape index (κ2) is 8.31. The predicted molar refractivity (Wildman–Crippen MR) is 104 cm³/mol. The van der Waals surface area contributed by atoms with Gasteiger partial charge in [0.05, 0.1) is 33.0 Å². The Kier molecular flexibility index (Phi) is 6.28. The molecule has 8 nitrogen and oxygen atoms in total. The van der Waals surface area contributed by atoms with Gasteiger partial charge in [0.1, 0.15) is 44.1 Å². The summed E-state index contributed by atoms with van der Waals surface area (Å²) in [6.07, 6.45) is -0.284. The van der Waals surface area contributed by atoms with Crippen molar-refractivity contribution in [2.75, 3.05) is 52.6 Å². The van der Waals surface area contributed by atoms with Crippen LogP contribution in [0.1, 0.15) is 41.0 Å². The molecule has 5 atom stereocenters. The standard InChI is InChI=1S/C21H38NO7/c1-6-7-22(8-11-23-12-9-22)10-13-24-14-15-16-17(27-20(2,3)26-16)18-19(25-15)29-21(4,5)28-18/h15-19H,6-14H2,1-5H3/q+1/t15-,16+,17+,18-,19-/m1/s1. The molecule has 4 fully saturated rings. The lowest BCUT2D eigenvalue weighted by Gasteiger charge is -2.41. The van der Waals surface area contributed by atoms with Crippen LogP contribution >= 0.6 is 0 Å². The van der Waals surface area contributed by atoms with E-state index in [-0.39, 0.29) is 24.4 Å². The van der Waals surface area contributed by atoms with E-state index in [4.69, 9.17) is 33.2 Å². The van der Waals surface area contributed by atoms with Crippen LogP contribution in [0.3, 0.4) is 0 Å². The summed E-state index contributed by atoms with van der Waals surface area (Å²) in [7, 11) is 0. The highest BCUT2D eigenvalue weighted by Crippen LogP contribution is 2.44. The monoisotopic (exact) mass is 416 g/mol. The van der Waals surface area contributed by atoms with Crippen LogP contribution < -0.4 is 0 Å². The van der Waals surface area contributed by atoms with E-state index in [0.717, 1.165) is 37.3 Å². The highest BCUT2D eigenvalue weighted by molar-refractivity contribution is 5.00. The average Bonchev–Trinajstić information content (AvgIpc) is 3.14. The Labute approximate surface area is 174 Å². The Bertz CT molecular complexity index is 558. The summed E-state index contributed by atoms with van der Waals surface area (Å²) in [4.78, 5) is 0. The molecule has 0 unspecified atom stereocenters. The first-order valence-electron chi connectivity index (χ1n) is 11.1. The number of nitrogens with zero attached hydrogens (tertiary/aromatic N) is 1. The minimum absolute atomic E-state index is 0.225. The van der Waals surface area contributed by atoms with E-state index in [0.29, 0.717) is 13.2 Å². The number of hydrogen-bond donors (Lipinski definition) is 0. The summed E-state index contributed by atoms with van der Waals surface area (Å²) in [5.74, 6) is -1.37. The molecule has 4 aliphatic heterocycles. The number of rotatable bonds is 7. The zero-order valence-corrected chi connectivity index (χ0v) is 18.6. The summed E-state index contributed by atoms with van der Waals surface area (Å²) >= 11 is 0. The molecule has 0 bridgehead atoms. The first kappa shape index (κ1) is 21.9. The van der Waals surface area contributed by atoms with Crippen LogP contribution in [0.2, 0.25) is 0 Å². The normalized spacial score (nSPS) is 39.8. The van der Waals surface area contributed by atoms with E-state index in [1.54, 1.807) is 0 Å². The Morgan fingerprint density at radius 1 is 0.862 bits per heavy atom. The Morgan fingerprint density at radius 2 is 1.52 bits per heavy atom. The second-order valence-electron chi connectivity index (χ2n) is 9.63. The van der Waals surface area contributed by atoms with Crippen molar-refractivity contribution in [1.29, 1.82) is 0 Å². The molecule has 4 rings (SSSR count). The molecule has 0 aliphatic carbocycles. The number of quaternary nitrogens is 1. The Balaban J connectivity index is 1.34. The van der Waals surface area contributed by atoms with E-state index in [2.05, 4.69) is 6.92 Å². The summed E-state index contributed by atoms with van der Waals surface area (Å²) < 4.78 is 43.3. The summed E-state index contributed by atoms with van der Waals surface area (Å²) in [5.41, 5.74) is 0. The van der Waals surface area contributed by atoms with Crippen LogP contribution in [0, 0.1) is 0 Å². The molecule has 0 spiro atoms. The lowest BCUT2D eigenvalue weighted by molar-refractivity contribution is -0.935. The first-order chi connectivity index (χ1) is 13.7. The van der Waals surface area contributed by atoms with E-state index in [1.807, 2.05) is 27.7 Å². The number of ether oxygens (including phenoxy) is 7. The molecule has 0 aromatic carbocycles. The van der Waals surface area contributed by atoms with E-state index < -0.39 is 17.9 Å². The summed E-state index contributed by atoms with van der Waals surface area (Å²) in [5, 5.41) is 0. The van der Waals surface area contributed by atoms with Gasteiger partial charge in [0.25, 0.3) is 0 Å². The average molecular weight is 417 g/mol. The highest BCUT2D eigenvalue weighted by atomic mass is 16.9. The van der Waals surface area contributed by atoms with Crippen molar-refractivity contribution in [2.24, 2.45) is 0 Å². The third-order valence-corrected chi connectivity index (χ3v) is 6.36. The van der Waals surface area contributed by atoms with Crippen molar-refractivity contribution in [1.82, 2.24) is 0 Å². The second-order valence-corrected chi connectivity index (χ2v) is 9.63. The van der Waals surface area contributed by atoms with Gasteiger partial charge in [0.15, 0.2) is 17.9 Å². The molecule has 0 N–H and O–H groups in total. The lowest BCUT2D eigenvalue weighted by Crippen LogP contribution is -2.58. The predicted octanol–water partition coefficient (Wildman–Crippen LogP) is 1.66. The zero-order valence-electron chi connectivity index (χ0n) is 18.6. The first-order valence-corrected chi connectivity index (χ1v) is 11.1. The molecule has 0 amide bonds. The van der Waals surface area contributed by atoms with Crippen molar-refractivity contribution in [2.45, 2.75) is 83.3 Å². The van der Waals surface area contributed by atoms with E-state index >= 15 is 0 Å². The molecule has 168 valence electrons. The van der Waals surface area contributed by atoms with Crippen molar-refractivity contribution in [3.8, 4) is 0 Å². The summed E-state index contributed by atoms with van der Waals surface area (Å²) in [6, 6.07) is 0. The van der Waals surface area contributed by atoms with Crippen LogP contribution in [0.15, 0.2) is 0 Å². The maximum absolute atomic E-state index is 6.22. The molecule has 0 radical (unpaired) electrons. The van der Waals surface area contributed by atoms with Gasteiger partial charge in [0.2, 0.25) is 0 Å². The third kappa shape index (κ3) is 4.80. The van der Waals surface area contributed by atoms with E-state index in [9.17, 15) is 0 Å². The lowest BCUT2D eigenvalue weighted by atomic mass is 9.99. The molecule has 4 heterocycles. The zero-order chi connectivity index (χ0) is 20.7. The van der Waals surface area contributed by atoms with Crippen LogP contribution in [0.5, 0.6) is 0 Å². The quantitative estimate of drug-likeness (QED) is 0.462. The van der Waals surface area contributed by atoms with Crippen molar-refractivity contribution >= 4 is 0 Å². The van der Waals surface area contributed by atoms with Crippen LogP contribution in [0.25, 0.3) is 0 Å². The van der Waals surface area contributed by atoms with Gasteiger partial charge < -0.3 is 37.6 Å². The smallest absolute Gasteiger partial charge is 0.190 e. The highest BCUT2D eigenvalue weighted by Gasteiger charge is 2.60. The fraction of sp³-hybridized carbons (Fsp3) is 1.00. The molecule has 4 saturated heterocycles. The minimum atomic E-state index is -0.696. The van der Waals surface area contributed by atoms with Gasteiger partial charge in [-0.2, -0.15) is 0 Å². The molecule has 0 aromatic rings. The van der Waals surface area contributed by atoms with Crippen molar-refractivity contribution in [3.05, 3.63) is 0 Å². The topological polar surface area (TPSA) is 64.6 Å². The molecule has 4 aliphatic rings. The maximum Gasteiger partial charge on any atom is 0.190 e. The Morgan fingerprint density at radius 3 is 2.24 bits per heavy atom.